The van der Waals surface area contributed by atoms with E-state index in [0.717, 1.165) is 11.8 Å². The van der Waals surface area contributed by atoms with Gasteiger partial charge in [0.25, 0.3) is 5.56 Å². The van der Waals surface area contributed by atoms with Crippen molar-refractivity contribution in [3.8, 4) is 0 Å². The summed E-state index contributed by atoms with van der Waals surface area (Å²) in [5.41, 5.74) is 2.35. The van der Waals surface area contributed by atoms with E-state index in [2.05, 4.69) is 15.7 Å². The van der Waals surface area contributed by atoms with Crippen LogP contribution >= 0.6 is 0 Å². The molecule has 4 rings (SSSR count). The lowest BCUT2D eigenvalue weighted by atomic mass is 9.91. The molecule has 0 saturated carbocycles. The molecule has 0 amide bonds. The number of hydrogen-bond donors (Lipinski definition) is 1. The van der Waals surface area contributed by atoms with Gasteiger partial charge in [-0.05, 0) is 18.2 Å². The van der Waals surface area contributed by atoms with Gasteiger partial charge in [0, 0.05) is 16.7 Å². The topological polar surface area (TPSA) is 72.3 Å². The van der Waals surface area contributed by atoms with Crippen molar-refractivity contribution in [2.24, 2.45) is 0 Å². The molecule has 0 atom stereocenters. The van der Waals surface area contributed by atoms with Gasteiger partial charge in [-0.15, -0.1) is 0 Å². The van der Waals surface area contributed by atoms with E-state index in [9.17, 15) is 18.0 Å². The van der Waals surface area contributed by atoms with Crippen LogP contribution in [0.5, 0.6) is 0 Å². The van der Waals surface area contributed by atoms with Gasteiger partial charge in [-0.2, -0.15) is 18.3 Å². The lowest BCUT2D eigenvalue weighted by molar-refractivity contribution is -0.138. The molecule has 1 N–H and O–H groups in total. The number of pyridine rings is 1. The highest BCUT2D eigenvalue weighted by Crippen LogP contribution is 2.35. The fourth-order valence-corrected chi connectivity index (χ4v) is 3.17. The SMILES string of the molecule is CC(C)(C)c1ccc2c(=O)n(CN3C=C(c4ccccc4C(F)(F)F)ON3)ncc2n1. The first kappa shape index (κ1) is 20.9. The van der Waals surface area contributed by atoms with Gasteiger partial charge in [0.15, 0.2) is 5.76 Å². The van der Waals surface area contributed by atoms with E-state index in [0.29, 0.717) is 10.9 Å². The predicted molar refractivity (Wildman–Crippen MR) is 108 cm³/mol. The summed E-state index contributed by atoms with van der Waals surface area (Å²) in [6, 6.07) is 8.61. The van der Waals surface area contributed by atoms with E-state index in [1.807, 2.05) is 20.8 Å². The minimum absolute atomic E-state index is 0.0155. The number of nitrogens with zero attached hydrogens (tertiary/aromatic N) is 4. The minimum atomic E-state index is -4.52. The molecule has 162 valence electrons. The predicted octanol–water partition coefficient (Wildman–Crippen LogP) is 3.82. The van der Waals surface area contributed by atoms with Crippen LogP contribution in [0.3, 0.4) is 0 Å². The number of halogens is 3. The van der Waals surface area contributed by atoms with Gasteiger partial charge in [-0.3, -0.25) is 14.8 Å². The van der Waals surface area contributed by atoms with Gasteiger partial charge >= 0.3 is 6.18 Å². The van der Waals surface area contributed by atoms with Crippen molar-refractivity contribution in [3.63, 3.8) is 0 Å². The lowest BCUT2D eigenvalue weighted by Gasteiger charge is -2.18. The van der Waals surface area contributed by atoms with Crippen LogP contribution in [-0.4, -0.2) is 19.8 Å². The van der Waals surface area contributed by atoms with E-state index in [1.165, 1.54) is 40.3 Å². The maximum absolute atomic E-state index is 13.3. The van der Waals surface area contributed by atoms with Crippen molar-refractivity contribution in [2.45, 2.75) is 39.0 Å². The molecule has 1 aromatic carbocycles. The van der Waals surface area contributed by atoms with Gasteiger partial charge in [0.05, 0.1) is 28.9 Å². The Balaban J connectivity index is 1.62. The summed E-state index contributed by atoms with van der Waals surface area (Å²) >= 11 is 0. The van der Waals surface area contributed by atoms with Gasteiger partial charge in [-0.1, -0.05) is 44.6 Å². The standard InChI is InChI=1S/C21H20F3N5O2/c1-20(2,3)18-9-8-14-16(26-18)10-25-29(19(14)30)12-28-11-17(31-27-28)13-6-4-5-7-15(13)21(22,23)24/h4-11,27H,12H2,1-3H3. The average Bonchev–Trinajstić information content (AvgIpc) is 3.17. The summed E-state index contributed by atoms with van der Waals surface area (Å²) in [4.78, 5) is 22.5. The zero-order valence-electron chi connectivity index (χ0n) is 17.1. The molecule has 0 radical (unpaired) electrons. The monoisotopic (exact) mass is 431 g/mol. The fraction of sp³-hybridized carbons (Fsp3) is 0.286. The Morgan fingerprint density at radius 1 is 1.10 bits per heavy atom. The highest BCUT2D eigenvalue weighted by atomic mass is 19.4. The Kier molecular flexibility index (Phi) is 4.97. The summed E-state index contributed by atoms with van der Waals surface area (Å²) in [5.74, 6) is -0.0155. The van der Waals surface area contributed by atoms with Crippen LogP contribution in [0.2, 0.25) is 0 Å². The Bertz CT molecular complexity index is 1230. The molecule has 7 nitrogen and oxygen atoms in total. The lowest BCUT2D eigenvalue weighted by Crippen LogP contribution is -2.35. The molecule has 2 aromatic heterocycles. The summed E-state index contributed by atoms with van der Waals surface area (Å²) < 4.78 is 41.0. The third-order valence-corrected chi connectivity index (χ3v) is 4.81. The molecule has 31 heavy (non-hydrogen) atoms. The normalized spacial score (nSPS) is 14.6. The maximum Gasteiger partial charge on any atom is 0.417 e. The van der Waals surface area contributed by atoms with Crippen molar-refractivity contribution in [2.75, 3.05) is 0 Å². The van der Waals surface area contributed by atoms with Crippen molar-refractivity contribution in [1.29, 1.82) is 0 Å². The first-order valence-corrected chi connectivity index (χ1v) is 9.49. The van der Waals surface area contributed by atoms with E-state index >= 15 is 0 Å². The van der Waals surface area contributed by atoms with Gasteiger partial charge in [0.1, 0.15) is 6.67 Å². The summed E-state index contributed by atoms with van der Waals surface area (Å²) in [6.45, 7) is 5.99. The van der Waals surface area contributed by atoms with Crippen molar-refractivity contribution < 1.29 is 18.0 Å². The molecule has 3 aromatic rings. The third kappa shape index (κ3) is 4.11. The second-order valence-corrected chi connectivity index (χ2v) is 8.17. The number of nitrogens with one attached hydrogen (secondary N) is 1. The van der Waals surface area contributed by atoms with Crippen LogP contribution in [-0.2, 0) is 23.1 Å². The number of fused-ring (bicyclic) bond motifs is 1. The van der Waals surface area contributed by atoms with Crippen LogP contribution in [0.4, 0.5) is 13.2 Å². The zero-order valence-corrected chi connectivity index (χ0v) is 17.1. The van der Waals surface area contributed by atoms with Crippen LogP contribution < -0.4 is 11.1 Å². The van der Waals surface area contributed by atoms with E-state index in [4.69, 9.17) is 4.84 Å². The maximum atomic E-state index is 13.3. The Hall–Kier alpha value is -3.40. The average molecular weight is 431 g/mol. The molecule has 0 aliphatic carbocycles. The number of benzene rings is 1. The van der Waals surface area contributed by atoms with Crippen LogP contribution in [0.1, 0.15) is 37.6 Å². The molecule has 0 saturated heterocycles. The molecule has 0 spiro atoms. The fourth-order valence-electron chi connectivity index (χ4n) is 3.17. The van der Waals surface area contributed by atoms with Crippen molar-refractivity contribution >= 4 is 16.7 Å². The van der Waals surface area contributed by atoms with Gasteiger partial charge in [-0.25, -0.2) is 4.68 Å². The van der Waals surface area contributed by atoms with E-state index in [1.54, 1.807) is 12.1 Å². The molecule has 0 fully saturated rings. The van der Waals surface area contributed by atoms with Crippen molar-refractivity contribution in [1.82, 2.24) is 25.4 Å². The molecular weight excluding hydrogens is 411 g/mol. The van der Waals surface area contributed by atoms with Gasteiger partial charge in [0.2, 0.25) is 0 Å². The Labute approximate surface area is 175 Å². The first-order chi connectivity index (χ1) is 14.5. The quantitative estimate of drug-likeness (QED) is 0.680. The molecule has 0 unspecified atom stereocenters. The number of alkyl halides is 3. The molecule has 3 heterocycles. The molecule has 0 bridgehead atoms. The highest BCUT2D eigenvalue weighted by Gasteiger charge is 2.35. The smallest absolute Gasteiger partial charge is 0.387 e. The summed E-state index contributed by atoms with van der Waals surface area (Å²) in [6.07, 6.45) is -1.68. The van der Waals surface area contributed by atoms with Crippen molar-refractivity contribution in [3.05, 3.63) is 76.0 Å². The Morgan fingerprint density at radius 2 is 1.84 bits per heavy atom. The Morgan fingerprint density at radius 3 is 2.55 bits per heavy atom. The second kappa shape index (κ2) is 7.38. The molecule has 10 heteroatoms. The molecular formula is C21H20F3N5O2. The molecule has 1 aliphatic rings. The van der Waals surface area contributed by atoms with Gasteiger partial charge < -0.3 is 4.84 Å². The minimum Gasteiger partial charge on any atom is -0.387 e. The van der Waals surface area contributed by atoms with E-state index in [-0.39, 0.29) is 29.0 Å². The van der Waals surface area contributed by atoms with Crippen LogP contribution in [0.15, 0.2) is 53.6 Å². The zero-order chi connectivity index (χ0) is 22.4. The summed E-state index contributed by atoms with van der Waals surface area (Å²) in [7, 11) is 0. The summed E-state index contributed by atoms with van der Waals surface area (Å²) in [5, 5.41) is 5.87. The van der Waals surface area contributed by atoms with E-state index < -0.39 is 11.7 Å². The number of hydrazine groups is 1. The highest BCUT2D eigenvalue weighted by molar-refractivity contribution is 5.76. The largest absolute Gasteiger partial charge is 0.417 e. The molecule has 1 aliphatic heterocycles. The number of rotatable bonds is 3. The number of aromatic nitrogens is 3. The first-order valence-electron chi connectivity index (χ1n) is 9.49. The second-order valence-electron chi connectivity index (χ2n) is 8.17. The number of hydrogen-bond acceptors (Lipinski definition) is 6. The third-order valence-electron chi connectivity index (χ3n) is 4.81. The van der Waals surface area contributed by atoms with Crippen LogP contribution in [0.25, 0.3) is 16.7 Å². The van der Waals surface area contributed by atoms with Crippen LogP contribution in [0, 0.1) is 0 Å².